The Morgan fingerprint density at radius 2 is 1.97 bits per heavy atom. The second-order valence-electron chi connectivity index (χ2n) is 6.89. The molecule has 0 aliphatic heterocycles. The maximum absolute atomic E-state index is 12.8. The van der Waals surface area contributed by atoms with E-state index in [1.165, 1.54) is 11.2 Å². The van der Waals surface area contributed by atoms with Crippen LogP contribution in [-0.4, -0.2) is 44.8 Å². The van der Waals surface area contributed by atoms with Gasteiger partial charge in [-0.15, -0.1) is 0 Å². The molecule has 1 amide bonds. The molecule has 29 heavy (non-hydrogen) atoms. The first-order chi connectivity index (χ1) is 14.0. The summed E-state index contributed by atoms with van der Waals surface area (Å²) in [4.78, 5) is 31.9. The monoisotopic (exact) mass is 406 g/mol. The SMILES string of the molecule is C[C@H](Nc1ncnc2cccnc12)c1cc2cccc(Cl)c2c(C(=O)N(C)C)n1. The Kier molecular flexibility index (Phi) is 4.98. The normalized spacial score (nSPS) is 12.1. The van der Waals surface area contributed by atoms with Crippen LogP contribution in [0.2, 0.25) is 5.02 Å². The van der Waals surface area contributed by atoms with Crippen molar-refractivity contribution in [1.82, 2.24) is 24.8 Å². The predicted molar refractivity (Wildman–Crippen MR) is 114 cm³/mol. The first-order valence-electron chi connectivity index (χ1n) is 9.09. The highest BCUT2D eigenvalue weighted by atomic mass is 35.5. The van der Waals surface area contributed by atoms with Crippen LogP contribution in [0.5, 0.6) is 0 Å². The smallest absolute Gasteiger partial charge is 0.272 e. The zero-order valence-electron chi connectivity index (χ0n) is 16.2. The zero-order chi connectivity index (χ0) is 20.5. The number of carbonyl (C=O) groups excluding carboxylic acids is 1. The van der Waals surface area contributed by atoms with E-state index in [9.17, 15) is 4.79 Å². The van der Waals surface area contributed by atoms with Crippen molar-refractivity contribution in [2.45, 2.75) is 13.0 Å². The predicted octanol–water partition coefficient (Wildman–Crippen LogP) is 4.10. The molecule has 4 aromatic rings. The molecule has 1 atom stereocenters. The number of halogens is 1. The molecule has 0 radical (unpaired) electrons. The first-order valence-corrected chi connectivity index (χ1v) is 9.46. The number of benzene rings is 1. The third-order valence-electron chi connectivity index (χ3n) is 4.63. The molecular formula is C21H19ClN6O. The fourth-order valence-electron chi connectivity index (χ4n) is 3.15. The van der Waals surface area contributed by atoms with Crippen molar-refractivity contribution in [3.05, 3.63) is 65.3 Å². The van der Waals surface area contributed by atoms with Gasteiger partial charge >= 0.3 is 0 Å². The summed E-state index contributed by atoms with van der Waals surface area (Å²) in [6.07, 6.45) is 3.19. The molecule has 0 unspecified atom stereocenters. The summed E-state index contributed by atoms with van der Waals surface area (Å²) in [6, 6.07) is 11.0. The van der Waals surface area contributed by atoms with E-state index in [0.717, 1.165) is 10.9 Å². The summed E-state index contributed by atoms with van der Waals surface area (Å²) in [6.45, 7) is 1.96. The molecule has 3 heterocycles. The van der Waals surface area contributed by atoms with Gasteiger partial charge in [0.1, 0.15) is 17.5 Å². The van der Waals surface area contributed by atoms with E-state index >= 15 is 0 Å². The summed E-state index contributed by atoms with van der Waals surface area (Å²) < 4.78 is 0. The van der Waals surface area contributed by atoms with Crippen LogP contribution in [0.1, 0.15) is 29.1 Å². The van der Waals surface area contributed by atoms with Crippen LogP contribution in [-0.2, 0) is 0 Å². The number of carbonyl (C=O) groups is 1. The van der Waals surface area contributed by atoms with E-state index in [4.69, 9.17) is 11.6 Å². The fraction of sp³-hybridized carbons (Fsp3) is 0.190. The number of aromatic nitrogens is 4. The molecular weight excluding hydrogens is 388 g/mol. The van der Waals surface area contributed by atoms with Gasteiger partial charge in [0.05, 0.1) is 22.3 Å². The molecule has 8 heteroatoms. The van der Waals surface area contributed by atoms with Gasteiger partial charge in [0.15, 0.2) is 5.82 Å². The second-order valence-corrected chi connectivity index (χ2v) is 7.30. The fourth-order valence-corrected chi connectivity index (χ4v) is 3.43. The third-order valence-corrected chi connectivity index (χ3v) is 4.94. The van der Waals surface area contributed by atoms with Gasteiger partial charge in [-0.3, -0.25) is 9.78 Å². The summed E-state index contributed by atoms with van der Waals surface area (Å²) in [7, 11) is 3.39. The summed E-state index contributed by atoms with van der Waals surface area (Å²) in [5, 5.41) is 5.34. The Morgan fingerprint density at radius 3 is 2.76 bits per heavy atom. The van der Waals surface area contributed by atoms with Crippen molar-refractivity contribution >= 4 is 45.1 Å². The lowest BCUT2D eigenvalue weighted by Crippen LogP contribution is -2.24. The molecule has 1 aromatic carbocycles. The van der Waals surface area contributed by atoms with Gasteiger partial charge in [-0.25, -0.2) is 15.0 Å². The number of nitrogens with one attached hydrogen (secondary N) is 1. The van der Waals surface area contributed by atoms with Gasteiger partial charge in [0.25, 0.3) is 5.91 Å². The van der Waals surface area contributed by atoms with E-state index in [1.807, 2.05) is 37.3 Å². The number of fused-ring (bicyclic) bond motifs is 2. The minimum Gasteiger partial charge on any atom is -0.360 e. The van der Waals surface area contributed by atoms with Crippen LogP contribution in [0.25, 0.3) is 21.8 Å². The van der Waals surface area contributed by atoms with Crippen molar-refractivity contribution < 1.29 is 4.79 Å². The molecule has 4 rings (SSSR count). The number of hydrogen-bond donors (Lipinski definition) is 1. The van der Waals surface area contributed by atoms with Gasteiger partial charge in [-0.1, -0.05) is 23.7 Å². The highest BCUT2D eigenvalue weighted by Crippen LogP contribution is 2.30. The van der Waals surface area contributed by atoms with Gasteiger partial charge in [-0.05, 0) is 36.6 Å². The minimum atomic E-state index is -0.229. The number of pyridine rings is 2. The van der Waals surface area contributed by atoms with Crippen molar-refractivity contribution in [2.75, 3.05) is 19.4 Å². The largest absolute Gasteiger partial charge is 0.360 e. The number of nitrogens with zero attached hydrogens (tertiary/aromatic N) is 5. The highest BCUT2D eigenvalue weighted by molar-refractivity contribution is 6.36. The molecule has 0 aliphatic carbocycles. The lowest BCUT2D eigenvalue weighted by Gasteiger charge is -2.18. The van der Waals surface area contributed by atoms with Crippen molar-refractivity contribution in [1.29, 1.82) is 0 Å². The molecule has 7 nitrogen and oxygen atoms in total. The first kappa shape index (κ1) is 19.0. The second kappa shape index (κ2) is 7.60. The van der Waals surface area contributed by atoms with E-state index in [-0.39, 0.29) is 11.9 Å². The van der Waals surface area contributed by atoms with Gasteiger partial charge in [0.2, 0.25) is 0 Å². The maximum Gasteiger partial charge on any atom is 0.272 e. The lowest BCUT2D eigenvalue weighted by molar-refractivity contribution is 0.0824. The molecule has 0 aliphatic rings. The summed E-state index contributed by atoms with van der Waals surface area (Å²) in [5.74, 6) is 0.405. The molecule has 0 fully saturated rings. The van der Waals surface area contributed by atoms with Crippen LogP contribution >= 0.6 is 11.6 Å². The summed E-state index contributed by atoms with van der Waals surface area (Å²) in [5.41, 5.74) is 2.45. The van der Waals surface area contributed by atoms with Gasteiger partial charge < -0.3 is 10.2 Å². The Hall–Kier alpha value is -3.32. The van der Waals surface area contributed by atoms with E-state index in [2.05, 4.69) is 25.3 Å². The molecule has 0 spiro atoms. The van der Waals surface area contributed by atoms with Crippen LogP contribution in [0.15, 0.2) is 48.9 Å². The van der Waals surface area contributed by atoms with Crippen LogP contribution in [0, 0.1) is 0 Å². The topological polar surface area (TPSA) is 83.9 Å². The molecule has 0 saturated heterocycles. The number of anilines is 1. The van der Waals surface area contributed by atoms with Crippen LogP contribution in [0.4, 0.5) is 5.82 Å². The van der Waals surface area contributed by atoms with Crippen molar-refractivity contribution in [3.8, 4) is 0 Å². The van der Waals surface area contributed by atoms with E-state index in [1.54, 1.807) is 26.4 Å². The minimum absolute atomic E-state index is 0.202. The highest BCUT2D eigenvalue weighted by Gasteiger charge is 2.20. The van der Waals surface area contributed by atoms with E-state index in [0.29, 0.717) is 33.1 Å². The average molecular weight is 407 g/mol. The van der Waals surface area contributed by atoms with Crippen LogP contribution < -0.4 is 5.32 Å². The number of rotatable bonds is 4. The van der Waals surface area contributed by atoms with Crippen molar-refractivity contribution in [3.63, 3.8) is 0 Å². The van der Waals surface area contributed by atoms with Crippen LogP contribution in [0.3, 0.4) is 0 Å². The Labute approximate surface area is 172 Å². The Morgan fingerprint density at radius 1 is 1.14 bits per heavy atom. The molecule has 146 valence electrons. The average Bonchev–Trinajstić information content (AvgIpc) is 2.72. The molecule has 0 saturated carbocycles. The third kappa shape index (κ3) is 3.56. The van der Waals surface area contributed by atoms with Gasteiger partial charge in [0, 0.05) is 25.7 Å². The number of hydrogen-bond acceptors (Lipinski definition) is 6. The molecule has 0 bridgehead atoms. The summed E-state index contributed by atoms with van der Waals surface area (Å²) >= 11 is 6.39. The quantitative estimate of drug-likeness (QED) is 0.549. The zero-order valence-corrected chi connectivity index (χ0v) is 17.0. The van der Waals surface area contributed by atoms with Gasteiger partial charge in [-0.2, -0.15) is 0 Å². The Balaban J connectivity index is 1.80. The molecule has 3 aromatic heterocycles. The maximum atomic E-state index is 12.8. The Bertz CT molecular complexity index is 1220. The lowest BCUT2D eigenvalue weighted by atomic mass is 10.1. The standard InChI is InChI=1S/C21H19ClN6O/c1-12(26-20-18-15(24-11-25-20)8-5-9-23-18)16-10-13-6-4-7-14(22)17(13)19(27-16)21(29)28(2)3/h4-12H,1-3H3,(H,24,25,26)/t12-/m0/s1. The molecule has 1 N–H and O–H groups in total. The van der Waals surface area contributed by atoms with Crippen molar-refractivity contribution in [2.24, 2.45) is 0 Å². The van der Waals surface area contributed by atoms with E-state index < -0.39 is 0 Å². The number of amides is 1.